The Hall–Kier alpha value is -4.13. The van der Waals surface area contributed by atoms with Gasteiger partial charge in [0, 0.05) is 28.0 Å². The Kier molecular flexibility index (Phi) is 7.06. The highest BCUT2D eigenvalue weighted by molar-refractivity contribution is 8.00. The highest BCUT2D eigenvalue weighted by atomic mass is 35.5. The molecule has 41 heavy (non-hydrogen) atoms. The van der Waals surface area contributed by atoms with Crippen LogP contribution in [0.3, 0.4) is 0 Å². The number of thioether (sulfide) groups is 1. The van der Waals surface area contributed by atoms with E-state index in [9.17, 15) is 24.5 Å². The normalized spacial score (nSPS) is 19.6. The number of fused-ring (bicyclic) bond motifs is 2. The number of methoxy groups -OCH3 is 1. The van der Waals surface area contributed by atoms with Crippen molar-refractivity contribution in [3.63, 3.8) is 0 Å². The van der Waals surface area contributed by atoms with Crippen LogP contribution in [0.1, 0.15) is 21.9 Å². The van der Waals surface area contributed by atoms with Gasteiger partial charge in [0.15, 0.2) is 11.5 Å². The van der Waals surface area contributed by atoms with Crippen molar-refractivity contribution in [2.75, 3.05) is 12.0 Å². The van der Waals surface area contributed by atoms with Gasteiger partial charge in [-0.2, -0.15) is 0 Å². The third kappa shape index (κ3) is 4.88. The fourth-order valence-electron chi connectivity index (χ4n) is 5.09. The van der Waals surface area contributed by atoms with Crippen molar-refractivity contribution < 1.29 is 24.0 Å². The molecule has 3 heterocycles. The second-order valence-corrected chi connectivity index (χ2v) is 12.0. The van der Waals surface area contributed by atoms with E-state index >= 15 is 0 Å². The number of nitro benzene ring substituents is 1. The van der Waals surface area contributed by atoms with Gasteiger partial charge in [-0.25, -0.2) is 4.90 Å². The molecule has 3 atom stereocenters. The summed E-state index contributed by atoms with van der Waals surface area (Å²) in [7, 11) is 1.51. The summed E-state index contributed by atoms with van der Waals surface area (Å²) in [6.45, 7) is 0.276. The van der Waals surface area contributed by atoms with E-state index in [2.05, 4.69) is 4.98 Å². The number of ether oxygens (including phenoxy) is 2. The van der Waals surface area contributed by atoms with E-state index in [4.69, 9.17) is 21.1 Å². The number of benzene rings is 3. The Morgan fingerprint density at radius 1 is 1.00 bits per heavy atom. The smallest absolute Gasteiger partial charge is 0.305 e. The second-order valence-electron chi connectivity index (χ2n) is 9.36. The molecule has 0 spiro atoms. The van der Waals surface area contributed by atoms with Crippen molar-refractivity contribution in [1.82, 2.24) is 4.98 Å². The summed E-state index contributed by atoms with van der Waals surface area (Å²) in [5, 5.41) is 11.5. The van der Waals surface area contributed by atoms with E-state index in [1.54, 1.807) is 30.3 Å². The van der Waals surface area contributed by atoms with Crippen molar-refractivity contribution in [1.29, 1.82) is 0 Å². The number of nitrogens with zero attached hydrogens (tertiary/aromatic N) is 2. The molecule has 0 saturated carbocycles. The van der Waals surface area contributed by atoms with Crippen molar-refractivity contribution in [3.8, 4) is 11.5 Å². The van der Waals surface area contributed by atoms with Gasteiger partial charge in [-0.3, -0.25) is 24.5 Å². The lowest BCUT2D eigenvalue weighted by Crippen LogP contribution is -2.32. The molecule has 13 heteroatoms. The largest absolute Gasteiger partial charge is 0.493 e. The van der Waals surface area contributed by atoms with Crippen LogP contribution in [0.5, 0.6) is 11.5 Å². The van der Waals surface area contributed by atoms with Crippen LogP contribution in [-0.4, -0.2) is 34.1 Å². The molecule has 1 aromatic heterocycles. The number of amides is 2. The minimum Gasteiger partial charge on any atom is -0.493 e. The van der Waals surface area contributed by atoms with Crippen molar-refractivity contribution >= 4 is 57.9 Å². The summed E-state index contributed by atoms with van der Waals surface area (Å²) < 4.78 is 11.6. The van der Waals surface area contributed by atoms with E-state index in [0.717, 1.165) is 33.6 Å². The third-order valence-corrected chi connectivity index (χ3v) is 9.65. The van der Waals surface area contributed by atoms with Crippen LogP contribution in [0.2, 0.25) is 5.02 Å². The van der Waals surface area contributed by atoms with Crippen LogP contribution in [0, 0.1) is 16.0 Å². The fourth-order valence-corrected chi connectivity index (χ4v) is 7.73. The molecule has 0 bridgehead atoms. The highest BCUT2D eigenvalue weighted by Crippen LogP contribution is 2.53. The number of carbonyl (C=O) groups is 2. The predicted octanol–water partition coefficient (Wildman–Crippen LogP) is 5.38. The Balaban J connectivity index is 1.36. The third-order valence-electron chi connectivity index (χ3n) is 7.00. The lowest BCUT2D eigenvalue weighted by Gasteiger charge is -2.30. The second kappa shape index (κ2) is 10.7. The predicted molar refractivity (Wildman–Crippen MR) is 154 cm³/mol. The monoisotopic (exact) mass is 609 g/mol. The van der Waals surface area contributed by atoms with Gasteiger partial charge in [-0.05, 0) is 47.5 Å². The number of hydrogen-bond donors (Lipinski definition) is 1. The number of nitrogens with one attached hydrogen (secondary N) is 1. The molecule has 3 aromatic carbocycles. The lowest BCUT2D eigenvalue weighted by molar-refractivity contribution is -0.384. The summed E-state index contributed by atoms with van der Waals surface area (Å²) in [6, 6.07) is 17.9. The van der Waals surface area contributed by atoms with Crippen LogP contribution >= 0.6 is 34.7 Å². The number of imide groups is 1. The number of nitro groups is 1. The molecular formula is C28H20ClN3O7S2. The van der Waals surface area contributed by atoms with Gasteiger partial charge in [0.2, 0.25) is 11.8 Å². The molecule has 0 aliphatic carbocycles. The summed E-state index contributed by atoms with van der Waals surface area (Å²) >= 11 is 8.12. The van der Waals surface area contributed by atoms with Gasteiger partial charge >= 0.3 is 4.87 Å². The first-order chi connectivity index (χ1) is 19.7. The summed E-state index contributed by atoms with van der Waals surface area (Å²) in [4.78, 5) is 54.6. The zero-order valence-electron chi connectivity index (χ0n) is 21.2. The SMILES string of the molecule is COc1cc(C2c3sc(=O)[nH]c3SC3C(=O)N(c4ccc([N+](=O)[O-])cc4)C(=O)C32)ccc1OCc1ccc(Cl)cc1. The van der Waals surface area contributed by atoms with Crippen molar-refractivity contribution in [2.45, 2.75) is 22.8 Å². The molecule has 2 aliphatic heterocycles. The number of aromatic amines is 1. The first-order valence-electron chi connectivity index (χ1n) is 12.3. The number of carbonyl (C=O) groups excluding carboxylic acids is 2. The number of rotatable bonds is 7. The first kappa shape index (κ1) is 27.1. The van der Waals surface area contributed by atoms with Gasteiger partial charge in [0.1, 0.15) is 11.9 Å². The van der Waals surface area contributed by atoms with Crippen LogP contribution in [0.25, 0.3) is 0 Å². The Bertz CT molecular complexity index is 1740. The average molecular weight is 610 g/mol. The molecular weight excluding hydrogens is 590 g/mol. The average Bonchev–Trinajstić information content (AvgIpc) is 3.46. The number of halogens is 1. The van der Waals surface area contributed by atoms with Crippen LogP contribution in [0.15, 0.2) is 76.6 Å². The number of hydrogen-bond acceptors (Lipinski definition) is 9. The molecule has 2 aliphatic rings. The van der Waals surface area contributed by atoms with Gasteiger partial charge in [-0.15, -0.1) is 0 Å². The first-order valence-corrected chi connectivity index (χ1v) is 14.4. The van der Waals surface area contributed by atoms with Gasteiger partial charge in [-0.1, -0.05) is 52.9 Å². The molecule has 6 rings (SSSR count). The molecule has 1 saturated heterocycles. The van der Waals surface area contributed by atoms with Crippen molar-refractivity contribution in [2.24, 2.45) is 5.92 Å². The minimum absolute atomic E-state index is 0.150. The molecule has 1 N–H and O–H groups in total. The van der Waals surface area contributed by atoms with E-state index in [1.165, 1.54) is 31.4 Å². The summed E-state index contributed by atoms with van der Waals surface area (Å²) in [5.74, 6) is -1.40. The zero-order valence-corrected chi connectivity index (χ0v) is 23.6. The Labute approximate surface area is 246 Å². The van der Waals surface area contributed by atoms with Gasteiger partial charge in [0.25, 0.3) is 5.69 Å². The lowest BCUT2D eigenvalue weighted by atomic mass is 9.83. The van der Waals surface area contributed by atoms with E-state index < -0.39 is 33.8 Å². The van der Waals surface area contributed by atoms with Crippen molar-refractivity contribution in [3.05, 3.63) is 108 Å². The van der Waals surface area contributed by atoms with Crippen LogP contribution in [0.4, 0.5) is 11.4 Å². The maximum absolute atomic E-state index is 13.9. The molecule has 4 aromatic rings. The molecule has 0 radical (unpaired) electrons. The maximum atomic E-state index is 13.9. The number of anilines is 1. The maximum Gasteiger partial charge on any atom is 0.305 e. The van der Waals surface area contributed by atoms with Crippen LogP contribution in [-0.2, 0) is 16.2 Å². The quantitative estimate of drug-likeness (QED) is 0.168. The Morgan fingerprint density at radius 3 is 2.41 bits per heavy atom. The number of H-pyrrole nitrogens is 1. The topological polar surface area (TPSA) is 132 Å². The highest BCUT2D eigenvalue weighted by Gasteiger charge is 2.56. The molecule has 10 nitrogen and oxygen atoms in total. The fraction of sp³-hybridized carbons (Fsp3) is 0.179. The van der Waals surface area contributed by atoms with E-state index in [1.807, 2.05) is 12.1 Å². The van der Waals surface area contributed by atoms with Gasteiger partial charge in [0.05, 0.1) is 28.7 Å². The zero-order chi connectivity index (χ0) is 28.8. The number of thiazole rings is 1. The number of non-ortho nitro benzene ring substituents is 1. The Morgan fingerprint density at radius 2 is 1.73 bits per heavy atom. The molecule has 208 valence electrons. The molecule has 3 unspecified atom stereocenters. The number of aromatic nitrogens is 1. The minimum atomic E-state index is -0.813. The standard InChI is InChI=1S/C28H20ClN3O7S2/c1-38-20-12-15(4-11-19(20)39-13-14-2-5-16(29)6-3-14)21-22-24(40-25-23(21)41-28(35)30-25)27(34)31(26(22)33)17-7-9-18(10-8-17)32(36)37/h2-12,21-22,24H,13H2,1H3,(H,30,35). The van der Waals surface area contributed by atoms with Crippen LogP contribution < -0.4 is 19.2 Å². The van der Waals surface area contributed by atoms with Gasteiger partial charge < -0.3 is 14.5 Å². The van der Waals surface area contributed by atoms with E-state index in [-0.39, 0.29) is 22.9 Å². The molecule has 2 amide bonds. The van der Waals surface area contributed by atoms with E-state index in [0.29, 0.717) is 32.0 Å². The molecule has 1 fully saturated rings. The summed E-state index contributed by atoms with van der Waals surface area (Å²) in [5.41, 5.74) is 1.69. The summed E-state index contributed by atoms with van der Waals surface area (Å²) in [6.07, 6.45) is 0.